The van der Waals surface area contributed by atoms with Crippen molar-refractivity contribution < 1.29 is 14.3 Å². The fourth-order valence-electron chi connectivity index (χ4n) is 2.47. The molecule has 0 saturated heterocycles. The molecule has 0 radical (unpaired) electrons. The molecule has 10 heteroatoms. The summed E-state index contributed by atoms with van der Waals surface area (Å²) in [6.07, 6.45) is -0.609. The number of carbonyl (C=O) groups is 2. The lowest BCUT2D eigenvalue weighted by molar-refractivity contribution is -0.115. The van der Waals surface area contributed by atoms with Gasteiger partial charge in [-0.3, -0.25) is 24.0 Å². The number of nitrogens with zero attached hydrogens (tertiary/aromatic N) is 2. The Morgan fingerprint density at radius 3 is 2.17 bits per heavy atom. The molecule has 1 aromatic heterocycles. The summed E-state index contributed by atoms with van der Waals surface area (Å²) in [6.45, 7) is 5.29. The Bertz CT molecular complexity index is 1040. The van der Waals surface area contributed by atoms with Crippen molar-refractivity contribution in [2.45, 2.75) is 32.8 Å². The van der Waals surface area contributed by atoms with Gasteiger partial charge in [0.25, 0.3) is 5.56 Å². The van der Waals surface area contributed by atoms with Crippen LogP contribution in [0.2, 0.25) is 0 Å². The summed E-state index contributed by atoms with van der Waals surface area (Å²) in [7, 11) is 2.71. The number of hydrogen-bond acceptors (Lipinski definition) is 6. The third-order valence-corrected chi connectivity index (χ3v) is 3.94. The number of nitrogen functional groups attached to an aromatic ring is 1. The Labute approximate surface area is 167 Å². The van der Waals surface area contributed by atoms with E-state index < -0.39 is 28.9 Å². The number of amides is 2. The first kappa shape index (κ1) is 21.7. The molecule has 4 N–H and O–H groups in total. The Balaban J connectivity index is 2.07. The van der Waals surface area contributed by atoms with Crippen molar-refractivity contribution in [2.75, 3.05) is 16.4 Å². The van der Waals surface area contributed by atoms with E-state index in [-0.39, 0.29) is 17.9 Å². The molecule has 0 saturated carbocycles. The van der Waals surface area contributed by atoms with Crippen LogP contribution in [0.15, 0.2) is 33.9 Å². The summed E-state index contributed by atoms with van der Waals surface area (Å²) in [5.74, 6) is -0.594. The zero-order chi connectivity index (χ0) is 21.9. The van der Waals surface area contributed by atoms with Gasteiger partial charge in [-0.1, -0.05) is 12.1 Å². The van der Waals surface area contributed by atoms with Crippen LogP contribution >= 0.6 is 0 Å². The van der Waals surface area contributed by atoms with Gasteiger partial charge in [-0.2, -0.15) is 0 Å². The van der Waals surface area contributed by atoms with Crippen molar-refractivity contribution in [3.8, 4) is 0 Å². The number of ether oxygens (including phenoxy) is 1. The van der Waals surface area contributed by atoms with Gasteiger partial charge in [0.1, 0.15) is 17.1 Å². The third kappa shape index (κ3) is 5.47. The van der Waals surface area contributed by atoms with Gasteiger partial charge >= 0.3 is 11.8 Å². The first-order valence-corrected chi connectivity index (χ1v) is 8.83. The molecule has 0 fully saturated rings. The summed E-state index contributed by atoms with van der Waals surface area (Å²) in [4.78, 5) is 48.1. The first-order chi connectivity index (χ1) is 13.4. The molecule has 0 aliphatic carbocycles. The van der Waals surface area contributed by atoms with Gasteiger partial charge in [-0.15, -0.1) is 0 Å². The number of benzene rings is 1. The van der Waals surface area contributed by atoms with Crippen LogP contribution in [0.1, 0.15) is 26.3 Å². The minimum Gasteiger partial charge on any atom is -0.444 e. The van der Waals surface area contributed by atoms with E-state index >= 15 is 0 Å². The predicted octanol–water partition coefficient (Wildman–Crippen LogP) is 1.19. The number of nitrogens with one attached hydrogen (secondary N) is 2. The molecule has 29 heavy (non-hydrogen) atoms. The number of nitrogens with two attached hydrogens (primary N) is 1. The molecule has 1 aromatic carbocycles. The van der Waals surface area contributed by atoms with E-state index in [1.807, 2.05) is 0 Å². The molecule has 156 valence electrons. The van der Waals surface area contributed by atoms with Crippen molar-refractivity contribution in [3.05, 3.63) is 50.7 Å². The molecule has 0 bridgehead atoms. The van der Waals surface area contributed by atoms with Crippen LogP contribution in [0.4, 0.5) is 22.0 Å². The molecule has 2 aromatic rings. The van der Waals surface area contributed by atoms with Crippen molar-refractivity contribution >= 4 is 29.2 Å². The lowest BCUT2D eigenvalue weighted by Crippen LogP contribution is -2.40. The lowest BCUT2D eigenvalue weighted by atomic mass is 10.1. The van der Waals surface area contributed by atoms with Gasteiger partial charge < -0.3 is 15.8 Å². The van der Waals surface area contributed by atoms with Crippen molar-refractivity contribution in [1.29, 1.82) is 0 Å². The lowest BCUT2D eigenvalue weighted by Gasteiger charge is -2.19. The van der Waals surface area contributed by atoms with Crippen LogP contribution in [-0.2, 0) is 30.0 Å². The Hall–Kier alpha value is -3.56. The highest BCUT2D eigenvalue weighted by atomic mass is 16.6. The maximum atomic E-state index is 12.3. The zero-order valence-corrected chi connectivity index (χ0v) is 17.0. The molecule has 2 amide bonds. The summed E-state index contributed by atoms with van der Waals surface area (Å²) in [6, 6.07) is 6.58. The predicted molar refractivity (Wildman–Crippen MR) is 110 cm³/mol. The van der Waals surface area contributed by atoms with E-state index in [9.17, 15) is 19.2 Å². The van der Waals surface area contributed by atoms with E-state index in [0.717, 1.165) is 9.13 Å². The Kier molecular flexibility index (Phi) is 6.15. The molecule has 0 atom stereocenters. The molecule has 2 rings (SSSR count). The third-order valence-electron chi connectivity index (χ3n) is 3.94. The fourth-order valence-corrected chi connectivity index (χ4v) is 2.47. The van der Waals surface area contributed by atoms with E-state index in [1.165, 1.54) is 14.1 Å². The van der Waals surface area contributed by atoms with Crippen molar-refractivity contribution in [1.82, 2.24) is 9.13 Å². The second-order valence-electron chi connectivity index (χ2n) is 7.51. The minimum atomic E-state index is -0.684. The van der Waals surface area contributed by atoms with Crippen LogP contribution < -0.4 is 27.6 Å². The molecule has 0 spiro atoms. The highest BCUT2D eigenvalue weighted by molar-refractivity contribution is 5.94. The largest absolute Gasteiger partial charge is 0.444 e. The molecule has 0 aliphatic heterocycles. The minimum absolute atomic E-state index is 0.0296. The second kappa shape index (κ2) is 8.21. The van der Waals surface area contributed by atoms with Crippen molar-refractivity contribution in [2.24, 2.45) is 14.1 Å². The first-order valence-electron chi connectivity index (χ1n) is 8.83. The van der Waals surface area contributed by atoms with E-state index in [2.05, 4.69) is 10.6 Å². The van der Waals surface area contributed by atoms with Gasteiger partial charge in [-0.25, -0.2) is 9.59 Å². The Morgan fingerprint density at radius 1 is 1.03 bits per heavy atom. The van der Waals surface area contributed by atoms with Crippen LogP contribution in [-0.4, -0.2) is 26.7 Å². The smallest absolute Gasteiger partial charge is 0.412 e. The topological polar surface area (TPSA) is 137 Å². The zero-order valence-electron chi connectivity index (χ0n) is 17.0. The fraction of sp³-hybridized carbons (Fsp3) is 0.368. The summed E-state index contributed by atoms with van der Waals surface area (Å²) >= 11 is 0. The maximum absolute atomic E-state index is 12.3. The van der Waals surface area contributed by atoms with Crippen LogP contribution in [0.3, 0.4) is 0 Å². The van der Waals surface area contributed by atoms with Gasteiger partial charge in [0.15, 0.2) is 0 Å². The standard InChI is InChI=1S/C19H25N5O5/c1-19(2,3)29-17(27)21-12-8-6-11(7-9-12)10-13(25)22-14-15(20)23(4)18(28)24(5)16(14)26/h6-9H,10,20H2,1-5H3,(H,21,27)(H,22,25). The number of aromatic nitrogens is 2. The quantitative estimate of drug-likeness (QED) is 0.701. The molecule has 0 aliphatic rings. The molecule has 0 unspecified atom stereocenters. The highest BCUT2D eigenvalue weighted by Crippen LogP contribution is 2.14. The average molecular weight is 403 g/mol. The van der Waals surface area contributed by atoms with E-state index in [4.69, 9.17) is 10.5 Å². The average Bonchev–Trinajstić information content (AvgIpc) is 2.62. The van der Waals surface area contributed by atoms with Crippen LogP contribution in [0.5, 0.6) is 0 Å². The van der Waals surface area contributed by atoms with E-state index in [0.29, 0.717) is 11.3 Å². The molecular formula is C19H25N5O5. The maximum Gasteiger partial charge on any atom is 0.412 e. The monoisotopic (exact) mass is 403 g/mol. The van der Waals surface area contributed by atoms with Gasteiger partial charge in [0.05, 0.1) is 6.42 Å². The summed E-state index contributed by atoms with van der Waals surface area (Å²) in [5, 5.41) is 5.06. The number of hydrogen-bond donors (Lipinski definition) is 3. The second-order valence-corrected chi connectivity index (χ2v) is 7.51. The Morgan fingerprint density at radius 2 is 1.62 bits per heavy atom. The van der Waals surface area contributed by atoms with Gasteiger partial charge in [-0.05, 0) is 38.5 Å². The molecule has 10 nitrogen and oxygen atoms in total. The van der Waals surface area contributed by atoms with Crippen molar-refractivity contribution in [3.63, 3.8) is 0 Å². The van der Waals surface area contributed by atoms with Gasteiger partial charge in [0.2, 0.25) is 5.91 Å². The summed E-state index contributed by atoms with van der Waals surface area (Å²) in [5.41, 5.74) is 4.92. The van der Waals surface area contributed by atoms with Crippen LogP contribution in [0.25, 0.3) is 0 Å². The molecule has 1 heterocycles. The molecular weight excluding hydrogens is 378 g/mol. The van der Waals surface area contributed by atoms with Crippen LogP contribution in [0, 0.1) is 0 Å². The SMILES string of the molecule is Cn1c(N)c(NC(=O)Cc2ccc(NC(=O)OC(C)(C)C)cc2)c(=O)n(C)c1=O. The number of anilines is 3. The number of rotatable bonds is 4. The highest BCUT2D eigenvalue weighted by Gasteiger charge is 2.17. The summed E-state index contributed by atoms with van der Waals surface area (Å²) < 4.78 is 7.11. The normalized spacial score (nSPS) is 11.1. The number of carbonyl (C=O) groups excluding carboxylic acids is 2. The van der Waals surface area contributed by atoms with Gasteiger partial charge in [0, 0.05) is 19.8 Å². The van der Waals surface area contributed by atoms with E-state index in [1.54, 1.807) is 45.0 Å².